The largest absolute Gasteiger partial charge is 0.480 e. The predicted octanol–water partition coefficient (Wildman–Crippen LogP) is -2.06. The van der Waals surface area contributed by atoms with E-state index >= 15 is 0 Å². The van der Waals surface area contributed by atoms with E-state index < -0.39 is 5.97 Å². The molecule has 0 heterocycles. The van der Waals surface area contributed by atoms with Crippen LogP contribution in [0.2, 0.25) is 6.32 Å². The van der Waals surface area contributed by atoms with Crippen LogP contribution in [0.1, 0.15) is 0 Å². The Hall–Kier alpha value is -1.04. The van der Waals surface area contributed by atoms with Crippen molar-refractivity contribution in [1.82, 2.24) is 4.90 Å². The fourth-order valence-corrected chi connectivity index (χ4v) is 0.800. The Labute approximate surface area is 71.4 Å². The van der Waals surface area contributed by atoms with Crippen molar-refractivity contribution in [3.05, 3.63) is 0 Å². The quantitative estimate of drug-likeness (QED) is 0.468. The second-order valence-electron chi connectivity index (χ2n) is 2.29. The van der Waals surface area contributed by atoms with Gasteiger partial charge in [-0.2, -0.15) is 0 Å². The highest BCUT2D eigenvalue weighted by Crippen LogP contribution is 1.91. The summed E-state index contributed by atoms with van der Waals surface area (Å²) in [5.41, 5.74) is 0. The Bertz CT molecular complexity index is 173. The Morgan fingerprint density at radius 1 is 1.42 bits per heavy atom. The van der Waals surface area contributed by atoms with Gasteiger partial charge in [-0.05, 0) is 6.32 Å². The number of carboxylic acids is 1. The summed E-state index contributed by atoms with van der Waals surface area (Å²) in [5.74, 6) is -1.32. The van der Waals surface area contributed by atoms with Crippen LogP contribution in [-0.2, 0) is 9.59 Å². The summed E-state index contributed by atoms with van der Waals surface area (Å²) in [7, 11) is 1.65. The highest BCUT2D eigenvalue weighted by Gasteiger charge is 2.13. The number of rotatable bonds is 5. The zero-order valence-corrected chi connectivity index (χ0v) is 6.99. The van der Waals surface area contributed by atoms with Gasteiger partial charge in [0.05, 0.1) is 6.61 Å². The van der Waals surface area contributed by atoms with Gasteiger partial charge in [0.1, 0.15) is 14.4 Å². The van der Waals surface area contributed by atoms with Gasteiger partial charge in [-0.25, -0.2) is 0 Å². The van der Waals surface area contributed by atoms with Gasteiger partial charge >= 0.3 is 5.97 Å². The Balaban J connectivity index is 4.02. The van der Waals surface area contributed by atoms with E-state index in [4.69, 9.17) is 10.2 Å². The first-order valence-electron chi connectivity index (χ1n) is 3.72. The first-order valence-corrected chi connectivity index (χ1v) is 3.72. The molecule has 1 amide bonds. The van der Waals surface area contributed by atoms with Crippen molar-refractivity contribution < 1.29 is 19.8 Å². The lowest BCUT2D eigenvalue weighted by atomic mass is 10.0. The Morgan fingerprint density at radius 3 is 2.33 bits per heavy atom. The van der Waals surface area contributed by atoms with Crippen LogP contribution in [0.3, 0.4) is 0 Å². The smallest absolute Gasteiger partial charge is 0.323 e. The van der Waals surface area contributed by atoms with Crippen molar-refractivity contribution in [3.63, 3.8) is 0 Å². The van der Waals surface area contributed by atoms with E-state index in [2.05, 4.69) is 0 Å². The number of amides is 1. The van der Waals surface area contributed by atoms with Crippen molar-refractivity contribution in [2.24, 2.45) is 0 Å². The van der Waals surface area contributed by atoms with Crippen LogP contribution in [0.5, 0.6) is 0 Å². The fourth-order valence-electron chi connectivity index (χ4n) is 0.800. The van der Waals surface area contributed by atoms with Crippen LogP contribution in [0.4, 0.5) is 0 Å². The highest BCUT2D eigenvalue weighted by molar-refractivity contribution is 6.19. The van der Waals surface area contributed by atoms with Gasteiger partial charge in [0.2, 0.25) is 5.91 Å². The molecule has 0 rings (SSSR count). The van der Waals surface area contributed by atoms with Gasteiger partial charge in [0.25, 0.3) is 0 Å². The van der Waals surface area contributed by atoms with Gasteiger partial charge in [-0.3, -0.25) is 9.59 Å². The third-order valence-corrected chi connectivity index (χ3v) is 1.35. The zero-order valence-electron chi connectivity index (χ0n) is 6.99. The third-order valence-electron chi connectivity index (χ3n) is 1.35. The van der Waals surface area contributed by atoms with Crippen LogP contribution in [0.15, 0.2) is 0 Å². The molecular weight excluding hydrogens is 161 g/mol. The lowest BCUT2D eigenvalue weighted by molar-refractivity contribution is -0.143. The molecule has 0 spiro atoms. The number of aliphatic carboxylic acids is 1. The zero-order chi connectivity index (χ0) is 9.56. The second kappa shape index (κ2) is 5.59. The SMILES string of the molecule is BCC(=O)N(CCO)CC(=O)O. The maximum Gasteiger partial charge on any atom is 0.323 e. The van der Waals surface area contributed by atoms with E-state index in [1.807, 2.05) is 0 Å². The van der Waals surface area contributed by atoms with Crippen molar-refractivity contribution in [1.29, 1.82) is 0 Å². The maximum absolute atomic E-state index is 11.0. The second-order valence-corrected chi connectivity index (χ2v) is 2.29. The van der Waals surface area contributed by atoms with Gasteiger partial charge in [-0.1, -0.05) is 0 Å². The van der Waals surface area contributed by atoms with Crippen LogP contribution in [0.25, 0.3) is 0 Å². The summed E-state index contributed by atoms with van der Waals surface area (Å²) in [5, 5.41) is 16.9. The van der Waals surface area contributed by atoms with Crippen LogP contribution < -0.4 is 0 Å². The minimum Gasteiger partial charge on any atom is -0.480 e. The number of hydrogen-bond donors (Lipinski definition) is 2. The average molecular weight is 173 g/mol. The molecule has 0 aliphatic rings. The molecule has 0 unspecified atom stereocenters. The number of aliphatic hydroxyl groups excluding tert-OH is 1. The van der Waals surface area contributed by atoms with E-state index in [0.29, 0.717) is 0 Å². The minimum absolute atomic E-state index is 0.0823. The summed E-state index contributed by atoms with van der Waals surface area (Å²) >= 11 is 0. The standard InChI is InChI=1S/C6H12BNO4/c7-3-5(10)8(1-2-9)4-6(11)12/h9H,1-4,7H2,(H,11,12). The molecule has 6 heteroatoms. The molecule has 0 aliphatic heterocycles. The van der Waals surface area contributed by atoms with Gasteiger partial charge in [0, 0.05) is 6.54 Å². The molecule has 0 saturated carbocycles. The van der Waals surface area contributed by atoms with E-state index in [9.17, 15) is 9.59 Å². The molecule has 0 aromatic heterocycles. The van der Waals surface area contributed by atoms with Crippen molar-refractivity contribution in [3.8, 4) is 0 Å². The molecule has 0 aromatic carbocycles. The molecule has 0 radical (unpaired) electrons. The lowest BCUT2D eigenvalue weighted by Crippen LogP contribution is -2.37. The molecule has 12 heavy (non-hydrogen) atoms. The first kappa shape index (κ1) is 11.0. The normalized spacial score (nSPS) is 9.42. The minimum atomic E-state index is -1.06. The number of aliphatic hydroxyl groups is 1. The van der Waals surface area contributed by atoms with Gasteiger partial charge in [0.15, 0.2) is 0 Å². The summed E-state index contributed by atoms with van der Waals surface area (Å²) in [6.07, 6.45) is 0.257. The number of carbonyl (C=O) groups excluding carboxylic acids is 1. The molecule has 0 saturated heterocycles. The molecule has 0 aliphatic carbocycles. The molecule has 68 valence electrons. The summed E-state index contributed by atoms with van der Waals surface area (Å²) in [6.45, 7) is -0.467. The van der Waals surface area contributed by atoms with Gasteiger partial charge in [-0.15, -0.1) is 0 Å². The molecule has 5 nitrogen and oxygen atoms in total. The highest BCUT2D eigenvalue weighted by atomic mass is 16.4. The average Bonchev–Trinajstić information content (AvgIpc) is 2.01. The summed E-state index contributed by atoms with van der Waals surface area (Å²) < 4.78 is 0. The lowest BCUT2D eigenvalue weighted by Gasteiger charge is -2.18. The third kappa shape index (κ3) is 3.97. The fraction of sp³-hybridized carbons (Fsp3) is 0.667. The monoisotopic (exact) mass is 173 g/mol. The van der Waals surface area contributed by atoms with Gasteiger partial charge < -0.3 is 15.1 Å². The topological polar surface area (TPSA) is 77.8 Å². The molecule has 0 fully saturated rings. The summed E-state index contributed by atoms with van der Waals surface area (Å²) in [4.78, 5) is 22.3. The molecule has 2 N–H and O–H groups in total. The molecule has 0 bridgehead atoms. The maximum atomic E-state index is 11.0. The van der Waals surface area contributed by atoms with Crippen molar-refractivity contribution in [2.45, 2.75) is 6.32 Å². The van der Waals surface area contributed by atoms with E-state index in [1.54, 1.807) is 7.85 Å². The Kier molecular flexibility index (Phi) is 5.11. The van der Waals surface area contributed by atoms with Crippen LogP contribution in [0, 0.1) is 0 Å². The number of hydrogen-bond acceptors (Lipinski definition) is 3. The van der Waals surface area contributed by atoms with E-state index in [-0.39, 0.29) is 31.9 Å². The van der Waals surface area contributed by atoms with Crippen molar-refractivity contribution in [2.75, 3.05) is 19.7 Å². The first-order chi connectivity index (χ1) is 5.61. The summed E-state index contributed by atoms with van der Waals surface area (Å²) in [6, 6.07) is 0. The van der Waals surface area contributed by atoms with E-state index in [1.165, 1.54) is 0 Å². The number of carboxylic acid groups (broad SMARTS) is 1. The Morgan fingerprint density at radius 2 is 2.00 bits per heavy atom. The predicted molar refractivity (Wildman–Crippen MR) is 44.7 cm³/mol. The van der Waals surface area contributed by atoms with Crippen LogP contribution in [-0.4, -0.2) is 54.5 Å². The van der Waals surface area contributed by atoms with Crippen LogP contribution >= 0.6 is 0 Å². The molecular formula is C6H12BNO4. The number of nitrogens with zero attached hydrogens (tertiary/aromatic N) is 1. The molecule has 0 aromatic rings. The van der Waals surface area contributed by atoms with E-state index in [0.717, 1.165) is 4.90 Å². The molecule has 0 atom stereocenters. The van der Waals surface area contributed by atoms with Crippen molar-refractivity contribution >= 4 is 19.7 Å². The number of carbonyl (C=O) groups is 2.